The summed E-state index contributed by atoms with van der Waals surface area (Å²) >= 11 is 2.98. The van der Waals surface area contributed by atoms with Crippen LogP contribution in [0.5, 0.6) is 0 Å². The third-order valence-corrected chi connectivity index (χ3v) is 2.46. The maximum atomic E-state index is 13.5. The van der Waals surface area contributed by atoms with Crippen LogP contribution in [0, 0.1) is 21.7 Å². The fraction of sp³-hybridized carbons (Fsp3) is 0.111. The predicted octanol–water partition coefficient (Wildman–Crippen LogP) is 3.28. The van der Waals surface area contributed by atoms with Gasteiger partial charge in [-0.15, -0.1) is 0 Å². The summed E-state index contributed by atoms with van der Waals surface area (Å²) in [4.78, 5) is 9.49. The third-order valence-electron chi connectivity index (χ3n) is 1.78. The van der Waals surface area contributed by atoms with Gasteiger partial charge in [-0.05, 0) is 11.6 Å². The van der Waals surface area contributed by atoms with Crippen molar-refractivity contribution < 1.29 is 13.7 Å². The first kappa shape index (κ1) is 11.8. The fourth-order valence-electron chi connectivity index (χ4n) is 1.07. The van der Waals surface area contributed by atoms with Crippen molar-refractivity contribution in [2.24, 2.45) is 0 Å². The van der Waals surface area contributed by atoms with Crippen LogP contribution in [0.3, 0.4) is 0 Å². The molecule has 0 fully saturated rings. The van der Waals surface area contributed by atoms with Gasteiger partial charge in [0.1, 0.15) is 5.82 Å². The number of rotatable bonds is 3. The Kier molecular flexibility index (Phi) is 3.52. The Labute approximate surface area is 92.7 Å². The summed E-state index contributed by atoms with van der Waals surface area (Å²) in [7, 11) is 0. The second-order valence-electron chi connectivity index (χ2n) is 2.75. The van der Waals surface area contributed by atoms with Gasteiger partial charge in [0.2, 0.25) is 5.82 Å². The molecular weight excluding hydrogens is 272 g/mol. The molecule has 0 aromatic heterocycles. The molecule has 0 atom stereocenters. The molecule has 1 aromatic carbocycles. The number of nitrogens with zero attached hydrogens (tertiary/aromatic N) is 1. The van der Waals surface area contributed by atoms with E-state index < -0.39 is 27.8 Å². The van der Waals surface area contributed by atoms with Crippen molar-refractivity contribution in [3.05, 3.63) is 46.0 Å². The second-order valence-corrected chi connectivity index (χ2v) is 3.31. The molecule has 1 aromatic rings. The Morgan fingerprint density at radius 3 is 2.60 bits per heavy atom. The molecule has 6 heteroatoms. The molecule has 0 amide bonds. The van der Waals surface area contributed by atoms with E-state index in [1.54, 1.807) is 0 Å². The van der Waals surface area contributed by atoms with Crippen LogP contribution in [0.4, 0.5) is 14.5 Å². The van der Waals surface area contributed by atoms with E-state index in [2.05, 4.69) is 22.5 Å². The van der Waals surface area contributed by atoms with Gasteiger partial charge >= 0.3 is 5.69 Å². The molecule has 0 aliphatic carbocycles. The zero-order valence-electron chi connectivity index (χ0n) is 7.47. The highest BCUT2D eigenvalue weighted by molar-refractivity contribution is 9.09. The molecule has 3 nitrogen and oxygen atoms in total. The molecular formula is C9H6BrF2NO2. The van der Waals surface area contributed by atoms with E-state index in [9.17, 15) is 18.9 Å². The molecule has 0 saturated carbocycles. The zero-order chi connectivity index (χ0) is 11.6. The number of allylic oxidation sites excluding steroid dienone is 1. The van der Waals surface area contributed by atoms with E-state index in [4.69, 9.17) is 0 Å². The number of hydrogen-bond acceptors (Lipinski definition) is 2. The van der Waals surface area contributed by atoms with Crippen molar-refractivity contribution in [3.8, 4) is 0 Å². The number of halogens is 3. The summed E-state index contributed by atoms with van der Waals surface area (Å²) in [6, 6.07) is 1.64. The second kappa shape index (κ2) is 4.48. The summed E-state index contributed by atoms with van der Waals surface area (Å²) in [6.07, 6.45) is 0. The molecule has 0 aliphatic heterocycles. The molecule has 0 saturated heterocycles. The van der Waals surface area contributed by atoms with Gasteiger partial charge in [-0.2, -0.15) is 4.39 Å². The topological polar surface area (TPSA) is 43.1 Å². The maximum absolute atomic E-state index is 13.5. The number of nitro groups is 1. The van der Waals surface area contributed by atoms with Gasteiger partial charge in [0.05, 0.1) is 10.5 Å². The van der Waals surface area contributed by atoms with Gasteiger partial charge < -0.3 is 0 Å². The minimum absolute atomic E-state index is 0.119. The molecule has 0 heterocycles. The van der Waals surface area contributed by atoms with Crippen LogP contribution in [-0.2, 0) is 0 Å². The normalized spacial score (nSPS) is 10.1. The predicted molar refractivity (Wildman–Crippen MR) is 55.8 cm³/mol. The monoisotopic (exact) mass is 277 g/mol. The SMILES string of the molecule is C=C(CBr)c1c(F)ccc([N+](=O)[O-])c1F. The molecule has 0 N–H and O–H groups in total. The highest BCUT2D eigenvalue weighted by Crippen LogP contribution is 2.28. The van der Waals surface area contributed by atoms with Crippen LogP contribution >= 0.6 is 15.9 Å². The van der Waals surface area contributed by atoms with Crippen molar-refractivity contribution in [2.45, 2.75) is 0 Å². The molecule has 0 aliphatic rings. The van der Waals surface area contributed by atoms with E-state index in [1.807, 2.05) is 0 Å². The average molecular weight is 278 g/mol. The minimum atomic E-state index is -1.19. The lowest BCUT2D eigenvalue weighted by Crippen LogP contribution is -2.00. The fourth-order valence-corrected chi connectivity index (χ4v) is 1.35. The Hall–Kier alpha value is -1.30. The van der Waals surface area contributed by atoms with Gasteiger partial charge in [-0.3, -0.25) is 10.1 Å². The first-order valence-electron chi connectivity index (χ1n) is 3.85. The van der Waals surface area contributed by atoms with Gasteiger partial charge in [-0.1, -0.05) is 22.5 Å². The van der Waals surface area contributed by atoms with E-state index in [0.29, 0.717) is 0 Å². The van der Waals surface area contributed by atoms with Crippen molar-refractivity contribution in [1.29, 1.82) is 0 Å². The smallest absolute Gasteiger partial charge is 0.258 e. The largest absolute Gasteiger partial charge is 0.305 e. The Morgan fingerprint density at radius 2 is 2.13 bits per heavy atom. The third kappa shape index (κ3) is 2.20. The van der Waals surface area contributed by atoms with Gasteiger partial charge in [-0.25, -0.2) is 4.39 Å². The molecule has 1 rings (SSSR count). The van der Waals surface area contributed by atoms with Crippen LogP contribution in [0.15, 0.2) is 18.7 Å². The van der Waals surface area contributed by atoms with E-state index in [1.165, 1.54) is 0 Å². The van der Waals surface area contributed by atoms with Gasteiger partial charge in [0.15, 0.2) is 0 Å². The minimum Gasteiger partial charge on any atom is -0.258 e. The summed E-state index contributed by atoms with van der Waals surface area (Å²) in [5, 5.41) is 10.5. The van der Waals surface area contributed by atoms with Crippen LogP contribution in [0.2, 0.25) is 0 Å². The van der Waals surface area contributed by atoms with E-state index in [-0.39, 0.29) is 10.9 Å². The summed E-state index contributed by atoms with van der Waals surface area (Å²) in [6.45, 7) is 3.42. The zero-order valence-corrected chi connectivity index (χ0v) is 9.05. The van der Waals surface area contributed by atoms with Gasteiger partial charge in [0.25, 0.3) is 0 Å². The number of benzene rings is 1. The maximum Gasteiger partial charge on any atom is 0.305 e. The summed E-state index contributed by atoms with van der Waals surface area (Å²) < 4.78 is 26.6. The molecule has 80 valence electrons. The van der Waals surface area contributed by atoms with Crippen molar-refractivity contribution in [3.63, 3.8) is 0 Å². The number of alkyl halides is 1. The Morgan fingerprint density at radius 1 is 1.53 bits per heavy atom. The van der Waals surface area contributed by atoms with Crippen LogP contribution in [-0.4, -0.2) is 10.3 Å². The van der Waals surface area contributed by atoms with Crippen LogP contribution in [0.25, 0.3) is 5.57 Å². The van der Waals surface area contributed by atoms with Crippen molar-refractivity contribution >= 4 is 27.2 Å². The standard InChI is InChI=1S/C9H6BrF2NO2/c1-5(4-10)8-6(11)2-3-7(9(8)12)13(14)15/h2-3H,1,4H2. The first-order chi connectivity index (χ1) is 6.99. The lowest BCUT2D eigenvalue weighted by Gasteiger charge is -2.05. The lowest BCUT2D eigenvalue weighted by atomic mass is 10.1. The van der Waals surface area contributed by atoms with Crippen LogP contribution < -0.4 is 0 Å². The highest BCUT2D eigenvalue weighted by atomic mass is 79.9. The lowest BCUT2D eigenvalue weighted by molar-refractivity contribution is -0.387. The Bertz CT molecular complexity index is 434. The first-order valence-corrected chi connectivity index (χ1v) is 4.97. The number of hydrogen-bond donors (Lipinski definition) is 0. The van der Waals surface area contributed by atoms with Crippen molar-refractivity contribution in [2.75, 3.05) is 5.33 Å². The summed E-state index contributed by atoms with van der Waals surface area (Å²) in [5.74, 6) is -2.05. The van der Waals surface area contributed by atoms with Gasteiger partial charge in [0, 0.05) is 11.4 Å². The Balaban J connectivity index is 3.43. The molecule has 0 spiro atoms. The summed E-state index contributed by atoms with van der Waals surface area (Å²) in [5.41, 5.74) is -1.08. The van der Waals surface area contributed by atoms with Crippen LogP contribution in [0.1, 0.15) is 5.56 Å². The van der Waals surface area contributed by atoms with E-state index >= 15 is 0 Å². The van der Waals surface area contributed by atoms with Crippen molar-refractivity contribution in [1.82, 2.24) is 0 Å². The molecule has 15 heavy (non-hydrogen) atoms. The highest BCUT2D eigenvalue weighted by Gasteiger charge is 2.22. The number of nitro benzene ring substituents is 1. The quantitative estimate of drug-likeness (QED) is 0.483. The molecule has 0 unspecified atom stereocenters. The van der Waals surface area contributed by atoms with E-state index in [0.717, 1.165) is 12.1 Å². The molecule has 0 bridgehead atoms. The molecule has 0 radical (unpaired) electrons. The average Bonchev–Trinajstić information content (AvgIpc) is 2.16.